The Balaban J connectivity index is 1.50. The molecule has 0 saturated carbocycles. The summed E-state index contributed by atoms with van der Waals surface area (Å²) in [7, 11) is 1.76. The highest BCUT2D eigenvalue weighted by Crippen LogP contribution is 2.34. The highest BCUT2D eigenvalue weighted by molar-refractivity contribution is 7.99. The molecule has 1 saturated heterocycles. The van der Waals surface area contributed by atoms with Crippen LogP contribution in [0.3, 0.4) is 0 Å². The number of benzene rings is 2. The molecule has 1 fully saturated rings. The van der Waals surface area contributed by atoms with Crippen molar-refractivity contribution < 1.29 is 9.72 Å². The standard InChI is InChI=1S/C22H24N6O3S/c1-26-15-24-25-22(26)32-20-10-9-17(13-18(20)28(30)31)21(29)23-14-19(27-11-5-6-12-27)16-7-3-2-4-8-16/h2-4,7-10,13,15,19H,5-6,11-12,14H2,1H3,(H,23,29). The fourth-order valence-electron chi connectivity index (χ4n) is 3.83. The van der Waals surface area contributed by atoms with E-state index in [4.69, 9.17) is 0 Å². The quantitative estimate of drug-likeness (QED) is 0.412. The second-order valence-electron chi connectivity index (χ2n) is 7.65. The largest absolute Gasteiger partial charge is 0.350 e. The lowest BCUT2D eigenvalue weighted by Crippen LogP contribution is -2.36. The van der Waals surface area contributed by atoms with Crippen molar-refractivity contribution in [2.24, 2.45) is 7.05 Å². The van der Waals surface area contributed by atoms with Gasteiger partial charge in [-0.05, 0) is 55.4 Å². The van der Waals surface area contributed by atoms with Crippen LogP contribution in [0.15, 0.2) is 64.9 Å². The minimum atomic E-state index is -0.480. The summed E-state index contributed by atoms with van der Waals surface area (Å²) in [6.07, 6.45) is 3.82. The van der Waals surface area contributed by atoms with Crippen molar-refractivity contribution in [1.29, 1.82) is 0 Å². The summed E-state index contributed by atoms with van der Waals surface area (Å²) >= 11 is 1.14. The zero-order valence-electron chi connectivity index (χ0n) is 17.7. The minimum absolute atomic E-state index is 0.0726. The average molecular weight is 453 g/mol. The predicted molar refractivity (Wildman–Crippen MR) is 121 cm³/mol. The van der Waals surface area contributed by atoms with E-state index in [1.165, 1.54) is 12.4 Å². The lowest BCUT2D eigenvalue weighted by Gasteiger charge is -2.28. The molecule has 1 aliphatic rings. The molecule has 166 valence electrons. The van der Waals surface area contributed by atoms with E-state index in [9.17, 15) is 14.9 Å². The van der Waals surface area contributed by atoms with Gasteiger partial charge in [-0.25, -0.2) is 0 Å². The summed E-state index contributed by atoms with van der Waals surface area (Å²) in [5.74, 6) is -0.330. The molecule has 2 heterocycles. The van der Waals surface area contributed by atoms with Gasteiger partial charge in [0.25, 0.3) is 11.6 Å². The van der Waals surface area contributed by atoms with Crippen molar-refractivity contribution in [3.8, 4) is 0 Å². The summed E-state index contributed by atoms with van der Waals surface area (Å²) in [5, 5.41) is 22.9. The van der Waals surface area contributed by atoms with Gasteiger partial charge in [0, 0.05) is 25.2 Å². The Kier molecular flexibility index (Phi) is 6.81. The summed E-state index contributed by atoms with van der Waals surface area (Å²) < 4.78 is 1.68. The molecule has 2 aromatic carbocycles. The molecule has 1 amide bonds. The number of likely N-dealkylation sites (tertiary alicyclic amines) is 1. The molecule has 1 aliphatic heterocycles. The third-order valence-corrected chi connectivity index (χ3v) is 6.63. The normalized spacial score (nSPS) is 14.9. The van der Waals surface area contributed by atoms with Gasteiger partial charge in [0.05, 0.1) is 15.9 Å². The Morgan fingerprint density at radius 3 is 2.62 bits per heavy atom. The maximum atomic E-state index is 12.9. The zero-order chi connectivity index (χ0) is 22.5. The van der Waals surface area contributed by atoms with Crippen LogP contribution in [0.2, 0.25) is 0 Å². The van der Waals surface area contributed by atoms with Crippen LogP contribution in [0.1, 0.15) is 34.8 Å². The first-order chi connectivity index (χ1) is 15.5. The van der Waals surface area contributed by atoms with Gasteiger partial charge in [-0.15, -0.1) is 10.2 Å². The molecule has 3 aromatic rings. The smallest absolute Gasteiger partial charge is 0.284 e. The first kappa shape index (κ1) is 22.0. The number of rotatable bonds is 8. The number of hydrogen-bond acceptors (Lipinski definition) is 7. The Bertz CT molecular complexity index is 1100. The number of nitro groups is 1. The number of aromatic nitrogens is 3. The molecule has 1 aromatic heterocycles. The van der Waals surface area contributed by atoms with E-state index in [1.807, 2.05) is 18.2 Å². The van der Waals surface area contributed by atoms with Crippen molar-refractivity contribution in [3.05, 3.63) is 76.1 Å². The van der Waals surface area contributed by atoms with E-state index < -0.39 is 4.92 Å². The third kappa shape index (κ3) is 4.97. The van der Waals surface area contributed by atoms with Gasteiger partial charge < -0.3 is 9.88 Å². The Morgan fingerprint density at radius 1 is 1.22 bits per heavy atom. The molecular weight excluding hydrogens is 428 g/mol. The number of hydrogen-bond donors (Lipinski definition) is 1. The van der Waals surface area contributed by atoms with Gasteiger partial charge >= 0.3 is 0 Å². The molecular formula is C22H24N6O3S. The molecule has 0 aliphatic carbocycles. The number of nitrogens with one attached hydrogen (secondary N) is 1. The van der Waals surface area contributed by atoms with Crippen molar-refractivity contribution in [2.45, 2.75) is 28.9 Å². The zero-order valence-corrected chi connectivity index (χ0v) is 18.5. The highest BCUT2D eigenvalue weighted by atomic mass is 32.2. The van der Waals surface area contributed by atoms with Crippen LogP contribution in [-0.4, -0.2) is 50.1 Å². The van der Waals surface area contributed by atoms with Gasteiger partial charge in [0.2, 0.25) is 0 Å². The number of amides is 1. The van der Waals surface area contributed by atoms with Gasteiger partial charge in [0.15, 0.2) is 5.16 Å². The summed E-state index contributed by atoms with van der Waals surface area (Å²) in [6.45, 7) is 2.43. The molecule has 1 unspecified atom stereocenters. The number of carbonyl (C=O) groups is 1. The maximum Gasteiger partial charge on any atom is 0.284 e. The van der Waals surface area contributed by atoms with E-state index in [0.717, 1.165) is 43.3 Å². The predicted octanol–water partition coefficient (Wildman–Crippen LogP) is 3.44. The average Bonchev–Trinajstić information content (AvgIpc) is 3.47. The van der Waals surface area contributed by atoms with Crippen LogP contribution >= 0.6 is 11.8 Å². The minimum Gasteiger partial charge on any atom is -0.350 e. The Morgan fingerprint density at radius 2 is 1.97 bits per heavy atom. The summed E-state index contributed by atoms with van der Waals surface area (Å²) in [6, 6.07) is 14.7. The van der Waals surface area contributed by atoms with Gasteiger partial charge in [-0.3, -0.25) is 19.8 Å². The maximum absolute atomic E-state index is 12.9. The Hall–Kier alpha value is -3.24. The summed E-state index contributed by atoms with van der Waals surface area (Å²) in [5.41, 5.74) is 1.27. The van der Waals surface area contributed by atoms with Crippen molar-refractivity contribution >= 4 is 23.4 Å². The first-order valence-corrected chi connectivity index (χ1v) is 11.2. The molecule has 0 bridgehead atoms. The molecule has 1 atom stereocenters. The number of nitro benzene ring substituents is 1. The number of aryl methyl sites for hydroxylation is 1. The second-order valence-corrected chi connectivity index (χ2v) is 8.65. The molecule has 32 heavy (non-hydrogen) atoms. The van der Waals surface area contributed by atoms with Gasteiger partial charge in [0.1, 0.15) is 6.33 Å². The molecule has 1 N–H and O–H groups in total. The van der Waals surface area contributed by atoms with E-state index >= 15 is 0 Å². The fourth-order valence-corrected chi connectivity index (χ4v) is 4.68. The van der Waals surface area contributed by atoms with Crippen LogP contribution in [0.4, 0.5) is 5.69 Å². The number of nitrogens with zero attached hydrogens (tertiary/aromatic N) is 5. The summed E-state index contributed by atoms with van der Waals surface area (Å²) in [4.78, 5) is 26.8. The molecule has 4 rings (SSSR count). The van der Waals surface area contributed by atoms with Crippen LogP contribution in [-0.2, 0) is 7.05 Å². The van der Waals surface area contributed by atoms with Crippen LogP contribution in [0.25, 0.3) is 0 Å². The number of carbonyl (C=O) groups excluding carboxylic acids is 1. The lowest BCUT2D eigenvalue weighted by molar-refractivity contribution is -0.387. The van der Waals surface area contributed by atoms with Crippen LogP contribution in [0.5, 0.6) is 0 Å². The van der Waals surface area contributed by atoms with Crippen LogP contribution in [0, 0.1) is 10.1 Å². The van der Waals surface area contributed by atoms with E-state index in [-0.39, 0.29) is 23.2 Å². The second kappa shape index (κ2) is 9.92. The van der Waals surface area contributed by atoms with Gasteiger partial charge in [-0.2, -0.15) is 0 Å². The van der Waals surface area contributed by atoms with E-state index in [2.05, 4.69) is 32.5 Å². The van der Waals surface area contributed by atoms with Crippen molar-refractivity contribution in [1.82, 2.24) is 25.0 Å². The van der Waals surface area contributed by atoms with Crippen LogP contribution < -0.4 is 5.32 Å². The highest BCUT2D eigenvalue weighted by Gasteiger charge is 2.25. The SMILES string of the molecule is Cn1cnnc1Sc1ccc(C(=O)NCC(c2ccccc2)N2CCCC2)cc1[N+](=O)[O-]. The third-order valence-electron chi connectivity index (χ3n) is 5.51. The van der Waals surface area contributed by atoms with Crippen molar-refractivity contribution in [2.75, 3.05) is 19.6 Å². The topological polar surface area (TPSA) is 106 Å². The van der Waals surface area contributed by atoms with Crippen molar-refractivity contribution in [3.63, 3.8) is 0 Å². The molecule has 10 heteroatoms. The van der Waals surface area contributed by atoms with E-state index in [1.54, 1.807) is 23.7 Å². The fraction of sp³-hybridized carbons (Fsp3) is 0.318. The van der Waals surface area contributed by atoms with E-state index in [0.29, 0.717) is 16.6 Å². The Labute approximate surface area is 190 Å². The first-order valence-electron chi connectivity index (χ1n) is 10.4. The molecule has 0 spiro atoms. The molecule has 9 nitrogen and oxygen atoms in total. The monoisotopic (exact) mass is 452 g/mol. The van der Waals surface area contributed by atoms with Gasteiger partial charge in [-0.1, -0.05) is 30.3 Å². The lowest BCUT2D eigenvalue weighted by atomic mass is 10.1. The molecule has 0 radical (unpaired) electrons.